The number of hydrogen-bond acceptors (Lipinski definition) is 4. The van der Waals surface area contributed by atoms with Crippen molar-refractivity contribution in [3.8, 4) is 0 Å². The Morgan fingerprint density at radius 1 is 1.00 bits per heavy atom. The van der Waals surface area contributed by atoms with Crippen molar-refractivity contribution in [2.75, 3.05) is 26.2 Å². The van der Waals surface area contributed by atoms with Crippen LogP contribution in [0.3, 0.4) is 0 Å². The number of carbonyl (C=O) groups is 2. The molecule has 0 spiro atoms. The van der Waals surface area contributed by atoms with E-state index in [2.05, 4.69) is 11.0 Å². The Bertz CT molecular complexity index is 959. The lowest BCUT2D eigenvalue weighted by Crippen LogP contribution is -2.53. The van der Waals surface area contributed by atoms with E-state index in [0.717, 1.165) is 30.8 Å². The van der Waals surface area contributed by atoms with E-state index in [-0.39, 0.29) is 17.6 Å². The van der Waals surface area contributed by atoms with E-state index >= 15 is 0 Å². The summed E-state index contributed by atoms with van der Waals surface area (Å²) in [5.74, 6) is 1.45. The molecule has 2 saturated heterocycles. The fraction of sp³-hybridized carbons (Fsp3) is 0.304. The highest BCUT2D eigenvalue weighted by Gasteiger charge is 2.40. The Balaban J connectivity index is 1.41. The SMILES string of the molecule is O=C1CN2CC3C[C@H](CN(C(=O)c4ccccc4)C3)C2=CC=C1c1ccco1. The van der Waals surface area contributed by atoms with Gasteiger partial charge in [0.15, 0.2) is 5.78 Å². The van der Waals surface area contributed by atoms with Gasteiger partial charge >= 0.3 is 0 Å². The Hall–Kier alpha value is -3.08. The first kappa shape index (κ1) is 17.0. The maximum Gasteiger partial charge on any atom is 0.253 e. The number of Topliss-reactive ketones (excluding diaryl/α,β-unsaturated/α-hetero) is 1. The van der Waals surface area contributed by atoms with E-state index < -0.39 is 0 Å². The molecule has 1 aromatic carbocycles. The number of allylic oxidation sites excluding steroid dienone is 2. The Labute approximate surface area is 163 Å². The second-order valence-corrected chi connectivity index (χ2v) is 7.83. The van der Waals surface area contributed by atoms with E-state index in [9.17, 15) is 9.59 Å². The lowest BCUT2D eigenvalue weighted by atomic mass is 9.81. The summed E-state index contributed by atoms with van der Waals surface area (Å²) in [4.78, 5) is 29.9. The summed E-state index contributed by atoms with van der Waals surface area (Å²) in [6.45, 7) is 2.63. The molecule has 4 heterocycles. The van der Waals surface area contributed by atoms with Gasteiger partial charge in [0, 0.05) is 36.8 Å². The zero-order chi connectivity index (χ0) is 19.1. The zero-order valence-electron chi connectivity index (χ0n) is 15.6. The van der Waals surface area contributed by atoms with Crippen molar-refractivity contribution in [3.63, 3.8) is 0 Å². The fourth-order valence-electron chi connectivity index (χ4n) is 4.72. The first-order valence-corrected chi connectivity index (χ1v) is 9.77. The molecule has 1 amide bonds. The second-order valence-electron chi connectivity index (χ2n) is 7.83. The van der Waals surface area contributed by atoms with E-state index in [4.69, 9.17) is 4.42 Å². The largest absolute Gasteiger partial charge is 0.464 e. The van der Waals surface area contributed by atoms with Crippen molar-refractivity contribution < 1.29 is 14.0 Å². The average Bonchev–Trinajstić information content (AvgIpc) is 3.18. The third-order valence-corrected chi connectivity index (χ3v) is 5.95. The topological polar surface area (TPSA) is 53.8 Å². The number of furan rings is 1. The number of carbonyl (C=O) groups excluding carboxylic acids is 2. The maximum atomic E-state index is 12.9. The van der Waals surface area contributed by atoms with Crippen LogP contribution >= 0.6 is 0 Å². The maximum absolute atomic E-state index is 12.9. The molecule has 3 aliphatic rings. The molecule has 2 fully saturated rings. The summed E-state index contributed by atoms with van der Waals surface area (Å²) in [5.41, 5.74) is 2.53. The normalized spacial score (nSPS) is 24.2. The van der Waals surface area contributed by atoms with Crippen molar-refractivity contribution in [1.29, 1.82) is 0 Å². The minimum Gasteiger partial charge on any atom is -0.464 e. The van der Waals surface area contributed by atoms with Gasteiger partial charge in [-0.15, -0.1) is 0 Å². The van der Waals surface area contributed by atoms with Crippen molar-refractivity contribution in [3.05, 3.63) is 77.9 Å². The minimum atomic E-state index is 0.0818. The van der Waals surface area contributed by atoms with Crippen molar-refractivity contribution in [2.45, 2.75) is 6.42 Å². The standard InChI is InChI=1S/C23H22N2O3/c26-21-15-24-12-16-11-18(20(24)9-8-19(21)22-7-4-10-28-22)14-25(13-16)23(27)17-5-2-1-3-6-17/h1-10,16,18H,11-15H2/t16?,18-/m1/s1. The van der Waals surface area contributed by atoms with Crippen LogP contribution in [-0.4, -0.2) is 47.7 Å². The monoisotopic (exact) mass is 374 g/mol. The minimum absolute atomic E-state index is 0.0818. The Morgan fingerprint density at radius 2 is 1.86 bits per heavy atom. The van der Waals surface area contributed by atoms with Crippen LogP contribution in [0.4, 0.5) is 0 Å². The van der Waals surface area contributed by atoms with Crippen LogP contribution in [0.25, 0.3) is 5.57 Å². The third-order valence-electron chi connectivity index (χ3n) is 5.95. The number of nitrogens with zero attached hydrogens (tertiary/aromatic N) is 2. The molecule has 1 unspecified atom stereocenters. The molecule has 5 rings (SSSR count). The van der Waals surface area contributed by atoms with Gasteiger partial charge in [0.05, 0.1) is 18.4 Å². The molecule has 0 aliphatic carbocycles. The first-order chi connectivity index (χ1) is 13.7. The molecule has 2 atom stereocenters. The predicted octanol–water partition coefficient (Wildman–Crippen LogP) is 3.22. The van der Waals surface area contributed by atoms with Gasteiger partial charge in [-0.25, -0.2) is 0 Å². The molecule has 0 saturated carbocycles. The van der Waals surface area contributed by atoms with Crippen LogP contribution < -0.4 is 0 Å². The van der Waals surface area contributed by atoms with Crippen molar-refractivity contribution >= 4 is 17.3 Å². The van der Waals surface area contributed by atoms with Gasteiger partial charge in [-0.3, -0.25) is 9.59 Å². The number of piperidine rings is 2. The Kier molecular flexibility index (Phi) is 4.15. The van der Waals surface area contributed by atoms with Crippen LogP contribution in [0, 0.1) is 11.8 Å². The van der Waals surface area contributed by atoms with Crippen LogP contribution in [0.5, 0.6) is 0 Å². The van der Waals surface area contributed by atoms with Gasteiger partial charge in [-0.2, -0.15) is 0 Å². The van der Waals surface area contributed by atoms with E-state index in [1.54, 1.807) is 12.3 Å². The van der Waals surface area contributed by atoms with Crippen LogP contribution in [0.15, 0.2) is 71.0 Å². The van der Waals surface area contributed by atoms with Gasteiger partial charge < -0.3 is 14.2 Å². The van der Waals surface area contributed by atoms with Gasteiger partial charge in [-0.05, 0) is 48.8 Å². The van der Waals surface area contributed by atoms with E-state index in [1.165, 1.54) is 0 Å². The van der Waals surface area contributed by atoms with Crippen LogP contribution in [0.1, 0.15) is 22.5 Å². The van der Waals surface area contributed by atoms with Gasteiger partial charge in [0.1, 0.15) is 5.76 Å². The second kappa shape index (κ2) is 6.82. The quantitative estimate of drug-likeness (QED) is 0.810. The lowest BCUT2D eigenvalue weighted by Gasteiger charge is -2.47. The van der Waals surface area contributed by atoms with Crippen LogP contribution in [0.2, 0.25) is 0 Å². The molecule has 5 heteroatoms. The molecule has 5 nitrogen and oxygen atoms in total. The molecule has 2 aromatic rings. The highest BCUT2D eigenvalue weighted by molar-refractivity contribution is 6.21. The summed E-state index contributed by atoms with van der Waals surface area (Å²) in [7, 11) is 0. The summed E-state index contributed by atoms with van der Waals surface area (Å²) in [6, 6.07) is 13.1. The number of fused-ring (bicyclic) bond motifs is 4. The smallest absolute Gasteiger partial charge is 0.253 e. The summed E-state index contributed by atoms with van der Waals surface area (Å²) in [5, 5.41) is 0. The molecule has 3 aliphatic heterocycles. The number of amides is 1. The third kappa shape index (κ3) is 2.97. The van der Waals surface area contributed by atoms with Gasteiger partial charge in [0.25, 0.3) is 5.91 Å². The first-order valence-electron chi connectivity index (χ1n) is 9.77. The van der Waals surface area contributed by atoms with E-state index in [0.29, 0.717) is 30.3 Å². The van der Waals surface area contributed by atoms with E-state index in [1.807, 2.05) is 47.4 Å². The molecule has 28 heavy (non-hydrogen) atoms. The zero-order valence-corrected chi connectivity index (χ0v) is 15.6. The molecular formula is C23H22N2O3. The highest BCUT2D eigenvalue weighted by Crippen LogP contribution is 2.37. The number of benzene rings is 1. The molecular weight excluding hydrogens is 352 g/mol. The Morgan fingerprint density at radius 3 is 2.64 bits per heavy atom. The van der Waals surface area contributed by atoms with Gasteiger partial charge in [-0.1, -0.05) is 18.2 Å². The summed E-state index contributed by atoms with van der Waals surface area (Å²) in [6.07, 6.45) is 6.60. The number of rotatable bonds is 2. The fourth-order valence-corrected chi connectivity index (χ4v) is 4.72. The molecule has 1 aromatic heterocycles. The molecule has 0 N–H and O–H groups in total. The van der Waals surface area contributed by atoms with Crippen LogP contribution in [-0.2, 0) is 4.79 Å². The number of hydrogen-bond donors (Lipinski definition) is 0. The lowest BCUT2D eigenvalue weighted by molar-refractivity contribution is -0.115. The molecule has 0 radical (unpaired) electrons. The summed E-state index contributed by atoms with van der Waals surface area (Å²) >= 11 is 0. The number of likely N-dealkylation sites (tertiary alicyclic amines) is 1. The molecule has 2 bridgehead atoms. The molecule has 142 valence electrons. The van der Waals surface area contributed by atoms with Crippen molar-refractivity contribution in [2.24, 2.45) is 11.8 Å². The van der Waals surface area contributed by atoms with Gasteiger partial charge in [0.2, 0.25) is 0 Å². The summed E-state index contributed by atoms with van der Waals surface area (Å²) < 4.78 is 5.45. The number of ketones is 1. The predicted molar refractivity (Wildman–Crippen MR) is 105 cm³/mol. The van der Waals surface area contributed by atoms with Crippen molar-refractivity contribution in [1.82, 2.24) is 9.80 Å². The highest BCUT2D eigenvalue weighted by atomic mass is 16.3. The average molecular weight is 374 g/mol.